The number of anilines is 1. The molecule has 1 fully saturated rings. The predicted molar refractivity (Wildman–Crippen MR) is 75.0 cm³/mol. The highest BCUT2D eigenvalue weighted by Gasteiger charge is 2.40. The van der Waals surface area contributed by atoms with Crippen LogP contribution in [0.2, 0.25) is 5.02 Å². The van der Waals surface area contributed by atoms with E-state index < -0.39 is 0 Å². The lowest BCUT2D eigenvalue weighted by molar-refractivity contribution is -0.134. The zero-order valence-corrected chi connectivity index (χ0v) is 11.8. The van der Waals surface area contributed by atoms with E-state index in [1.54, 1.807) is 31.3 Å². The molecule has 0 unspecified atom stereocenters. The number of likely N-dealkylation sites (N-methyl/N-ethyl adjacent to an activating group) is 1. The molecule has 1 N–H and O–H groups in total. The van der Waals surface area contributed by atoms with Gasteiger partial charge in [0.15, 0.2) is 0 Å². The second-order valence-electron chi connectivity index (χ2n) is 5.04. The number of nitrogens with one attached hydrogen (secondary N) is 1. The van der Waals surface area contributed by atoms with Crippen LogP contribution in [0.1, 0.15) is 13.3 Å². The maximum atomic E-state index is 11.9. The van der Waals surface area contributed by atoms with Crippen molar-refractivity contribution in [3.05, 3.63) is 29.3 Å². The van der Waals surface area contributed by atoms with Crippen molar-refractivity contribution in [2.24, 2.45) is 11.8 Å². The molecule has 1 aromatic rings. The summed E-state index contributed by atoms with van der Waals surface area (Å²) in [5, 5.41) is 3.19. The largest absolute Gasteiger partial charge is 0.336 e. The summed E-state index contributed by atoms with van der Waals surface area (Å²) in [6.07, 6.45) is 0.926. The smallest absolute Gasteiger partial charge is 0.244 e. The quantitative estimate of drug-likeness (QED) is 0.921. The maximum Gasteiger partial charge on any atom is 0.244 e. The van der Waals surface area contributed by atoms with Gasteiger partial charge in [-0.2, -0.15) is 0 Å². The first-order valence-corrected chi connectivity index (χ1v) is 6.66. The lowest BCUT2D eigenvalue weighted by atomic mass is 10.3. The van der Waals surface area contributed by atoms with Crippen LogP contribution in [0.4, 0.5) is 5.69 Å². The Morgan fingerprint density at radius 2 is 2.05 bits per heavy atom. The van der Waals surface area contributed by atoms with E-state index in [-0.39, 0.29) is 24.3 Å². The lowest BCUT2D eigenvalue weighted by Gasteiger charge is -2.17. The zero-order valence-electron chi connectivity index (χ0n) is 11.0. The Morgan fingerprint density at radius 3 is 2.63 bits per heavy atom. The zero-order chi connectivity index (χ0) is 14.0. The standard InChI is InChI=1S/C14H17ClN2O2/c1-9-7-10(9)14(19)17(2)8-13(18)16-12-6-4-3-5-11(12)15/h3-6,9-10H,7-8H2,1-2H3,(H,16,18)/t9-,10-/m1/s1. The molecule has 2 rings (SSSR count). The van der Waals surface area contributed by atoms with Crippen molar-refractivity contribution in [2.45, 2.75) is 13.3 Å². The number of para-hydroxylation sites is 1. The van der Waals surface area contributed by atoms with Gasteiger partial charge in [0, 0.05) is 13.0 Å². The molecule has 0 aliphatic heterocycles. The minimum atomic E-state index is -0.239. The van der Waals surface area contributed by atoms with E-state index >= 15 is 0 Å². The van der Waals surface area contributed by atoms with Gasteiger partial charge in [0.05, 0.1) is 17.3 Å². The molecule has 1 aromatic carbocycles. The van der Waals surface area contributed by atoms with E-state index in [1.807, 2.05) is 6.92 Å². The van der Waals surface area contributed by atoms with Crippen molar-refractivity contribution in [2.75, 3.05) is 18.9 Å². The van der Waals surface area contributed by atoms with Gasteiger partial charge < -0.3 is 10.2 Å². The van der Waals surface area contributed by atoms with Crippen molar-refractivity contribution < 1.29 is 9.59 Å². The molecule has 4 nitrogen and oxygen atoms in total. The molecular weight excluding hydrogens is 264 g/mol. The summed E-state index contributed by atoms with van der Waals surface area (Å²) in [6.45, 7) is 2.09. The van der Waals surface area contributed by atoms with Crippen LogP contribution in [0.3, 0.4) is 0 Å². The van der Waals surface area contributed by atoms with Gasteiger partial charge in [-0.15, -0.1) is 0 Å². The molecule has 19 heavy (non-hydrogen) atoms. The van der Waals surface area contributed by atoms with Gasteiger partial charge in [-0.1, -0.05) is 30.7 Å². The van der Waals surface area contributed by atoms with Gasteiger partial charge in [0.25, 0.3) is 0 Å². The molecule has 0 saturated heterocycles. The fraction of sp³-hybridized carbons (Fsp3) is 0.429. The molecular formula is C14H17ClN2O2. The molecule has 2 atom stereocenters. The number of halogens is 1. The van der Waals surface area contributed by atoms with Crippen molar-refractivity contribution in [1.82, 2.24) is 4.90 Å². The highest BCUT2D eigenvalue weighted by atomic mass is 35.5. The van der Waals surface area contributed by atoms with Gasteiger partial charge in [-0.3, -0.25) is 9.59 Å². The maximum absolute atomic E-state index is 11.9. The molecule has 1 aliphatic carbocycles. The van der Waals surface area contributed by atoms with Crippen molar-refractivity contribution in [3.63, 3.8) is 0 Å². The van der Waals surface area contributed by atoms with Gasteiger partial charge in [0.2, 0.25) is 11.8 Å². The lowest BCUT2D eigenvalue weighted by Crippen LogP contribution is -2.36. The Morgan fingerprint density at radius 1 is 1.42 bits per heavy atom. The normalized spacial score (nSPS) is 20.8. The number of amides is 2. The first-order chi connectivity index (χ1) is 8.99. The van der Waals surface area contributed by atoms with Crippen molar-refractivity contribution in [1.29, 1.82) is 0 Å². The second kappa shape index (κ2) is 5.61. The third-order valence-electron chi connectivity index (χ3n) is 3.33. The van der Waals surface area contributed by atoms with Crippen LogP contribution < -0.4 is 5.32 Å². The summed E-state index contributed by atoms with van der Waals surface area (Å²) in [5.74, 6) is 0.346. The van der Waals surface area contributed by atoms with E-state index in [0.29, 0.717) is 16.6 Å². The average Bonchev–Trinajstić information content (AvgIpc) is 3.08. The highest BCUT2D eigenvalue weighted by molar-refractivity contribution is 6.33. The Bertz CT molecular complexity index is 504. The van der Waals surface area contributed by atoms with Gasteiger partial charge in [-0.25, -0.2) is 0 Å². The van der Waals surface area contributed by atoms with E-state index in [9.17, 15) is 9.59 Å². The van der Waals surface area contributed by atoms with Gasteiger partial charge in [0.1, 0.15) is 0 Å². The number of carbonyl (C=O) groups excluding carboxylic acids is 2. The van der Waals surface area contributed by atoms with Gasteiger partial charge in [-0.05, 0) is 24.5 Å². The fourth-order valence-corrected chi connectivity index (χ4v) is 2.18. The Labute approximate surface area is 117 Å². The number of hydrogen-bond acceptors (Lipinski definition) is 2. The SMILES string of the molecule is C[C@@H]1C[C@H]1C(=O)N(C)CC(=O)Nc1ccccc1Cl. The summed E-state index contributed by atoms with van der Waals surface area (Å²) >= 11 is 5.95. The van der Waals surface area contributed by atoms with Crippen LogP contribution in [0, 0.1) is 11.8 Å². The minimum Gasteiger partial charge on any atom is -0.336 e. The van der Waals surface area contributed by atoms with E-state index in [1.165, 1.54) is 4.90 Å². The number of carbonyl (C=O) groups is 2. The van der Waals surface area contributed by atoms with Crippen molar-refractivity contribution in [3.8, 4) is 0 Å². The second-order valence-corrected chi connectivity index (χ2v) is 5.45. The highest BCUT2D eigenvalue weighted by Crippen LogP contribution is 2.38. The fourth-order valence-electron chi connectivity index (χ4n) is 1.99. The Kier molecular flexibility index (Phi) is 4.10. The van der Waals surface area contributed by atoms with Crippen LogP contribution in [-0.4, -0.2) is 30.3 Å². The number of rotatable bonds is 4. The average molecular weight is 281 g/mol. The van der Waals surface area contributed by atoms with Crippen LogP contribution in [-0.2, 0) is 9.59 Å². The Balaban J connectivity index is 1.87. The van der Waals surface area contributed by atoms with Crippen molar-refractivity contribution >= 4 is 29.1 Å². The molecule has 2 amide bonds. The predicted octanol–water partition coefficient (Wildman–Crippen LogP) is 2.39. The first-order valence-electron chi connectivity index (χ1n) is 6.28. The number of benzene rings is 1. The summed E-state index contributed by atoms with van der Waals surface area (Å²) in [6, 6.07) is 7.02. The Hall–Kier alpha value is -1.55. The van der Waals surface area contributed by atoms with E-state index in [0.717, 1.165) is 6.42 Å². The minimum absolute atomic E-state index is 0.0433. The third-order valence-corrected chi connectivity index (χ3v) is 3.66. The molecule has 102 valence electrons. The summed E-state index contributed by atoms with van der Waals surface area (Å²) < 4.78 is 0. The third kappa shape index (κ3) is 3.47. The number of hydrogen-bond donors (Lipinski definition) is 1. The summed E-state index contributed by atoms with van der Waals surface area (Å²) in [5.41, 5.74) is 0.565. The monoisotopic (exact) mass is 280 g/mol. The van der Waals surface area contributed by atoms with Crippen LogP contribution >= 0.6 is 11.6 Å². The summed E-state index contributed by atoms with van der Waals surface area (Å²) in [7, 11) is 1.65. The molecule has 0 heterocycles. The van der Waals surface area contributed by atoms with Crippen LogP contribution in [0.15, 0.2) is 24.3 Å². The molecule has 0 aromatic heterocycles. The first kappa shape index (κ1) is 13.9. The molecule has 0 bridgehead atoms. The molecule has 1 saturated carbocycles. The number of nitrogens with zero attached hydrogens (tertiary/aromatic N) is 1. The van der Waals surface area contributed by atoms with Gasteiger partial charge >= 0.3 is 0 Å². The molecule has 0 radical (unpaired) electrons. The van der Waals surface area contributed by atoms with E-state index in [4.69, 9.17) is 11.6 Å². The summed E-state index contributed by atoms with van der Waals surface area (Å²) in [4.78, 5) is 25.2. The molecule has 5 heteroatoms. The topological polar surface area (TPSA) is 49.4 Å². The molecule has 1 aliphatic rings. The van der Waals surface area contributed by atoms with Crippen LogP contribution in [0.5, 0.6) is 0 Å². The molecule has 0 spiro atoms. The van der Waals surface area contributed by atoms with Crippen LogP contribution in [0.25, 0.3) is 0 Å². The van der Waals surface area contributed by atoms with E-state index in [2.05, 4.69) is 5.32 Å².